The highest BCUT2D eigenvalue weighted by Gasteiger charge is 2.27. The molecule has 0 saturated carbocycles. The van der Waals surface area contributed by atoms with Crippen LogP contribution in [0.5, 0.6) is 11.5 Å². The molecule has 192 valence electrons. The molecule has 4 aromatic rings. The highest BCUT2D eigenvalue weighted by molar-refractivity contribution is 5.94. The smallest absolute Gasteiger partial charge is 0.348 e. The summed E-state index contributed by atoms with van der Waals surface area (Å²) in [5.74, 6) is -1.33. The van der Waals surface area contributed by atoms with E-state index in [0.29, 0.717) is 16.9 Å². The van der Waals surface area contributed by atoms with Gasteiger partial charge in [0, 0.05) is 17.2 Å². The van der Waals surface area contributed by atoms with Gasteiger partial charge in [-0.3, -0.25) is 10.4 Å². The number of hydrogen-bond acceptors (Lipinski definition) is 6. The molecular weight excluding hydrogens is 482 g/mol. The van der Waals surface area contributed by atoms with E-state index in [0.717, 1.165) is 10.2 Å². The first-order valence-electron chi connectivity index (χ1n) is 11.4. The molecule has 1 unspecified atom stereocenters. The van der Waals surface area contributed by atoms with Gasteiger partial charge in [0.2, 0.25) is 0 Å². The van der Waals surface area contributed by atoms with E-state index in [9.17, 15) is 9.18 Å². The second kappa shape index (κ2) is 10.9. The zero-order chi connectivity index (χ0) is 26.5. The van der Waals surface area contributed by atoms with E-state index in [1.807, 2.05) is 0 Å². The van der Waals surface area contributed by atoms with Crippen molar-refractivity contribution in [2.75, 3.05) is 26.1 Å². The van der Waals surface area contributed by atoms with Gasteiger partial charge in [-0.1, -0.05) is 36.4 Å². The molecular formula is C26H26F2N6O3. The molecule has 1 atom stereocenters. The lowest BCUT2D eigenvalue weighted by Crippen LogP contribution is -2.17. The number of aromatic nitrogens is 3. The molecule has 4 rings (SSSR count). The second-order valence-electron chi connectivity index (χ2n) is 8.22. The first-order valence-corrected chi connectivity index (χ1v) is 11.4. The van der Waals surface area contributed by atoms with Crippen LogP contribution in [-0.2, 0) is 6.42 Å². The Morgan fingerprint density at radius 2 is 1.92 bits per heavy atom. The van der Waals surface area contributed by atoms with Crippen LogP contribution >= 0.6 is 0 Å². The van der Waals surface area contributed by atoms with E-state index >= 15 is 4.39 Å². The molecule has 0 aliphatic heterocycles. The summed E-state index contributed by atoms with van der Waals surface area (Å²) in [7, 11) is 1.42. The summed E-state index contributed by atoms with van der Waals surface area (Å²) < 4.78 is 40.2. The molecule has 0 bridgehead atoms. The fourth-order valence-corrected chi connectivity index (χ4v) is 3.97. The minimum atomic E-state index is -0.801. The van der Waals surface area contributed by atoms with Gasteiger partial charge in [0.25, 0.3) is 0 Å². The van der Waals surface area contributed by atoms with Crippen molar-refractivity contribution in [1.29, 1.82) is 5.41 Å². The number of methoxy groups -OCH3 is 1. The Balaban J connectivity index is 1.85. The van der Waals surface area contributed by atoms with Gasteiger partial charge in [-0.05, 0) is 30.2 Å². The number of nitrogens with two attached hydrogens (primary N) is 2. The van der Waals surface area contributed by atoms with E-state index in [2.05, 4.69) is 10.1 Å². The third-order valence-corrected chi connectivity index (χ3v) is 5.82. The Morgan fingerprint density at radius 3 is 2.57 bits per heavy atom. The number of rotatable bonds is 10. The Kier molecular flexibility index (Phi) is 7.52. The Labute approximate surface area is 211 Å². The summed E-state index contributed by atoms with van der Waals surface area (Å²) in [6.07, 6.45) is 0.210. The van der Waals surface area contributed by atoms with Crippen molar-refractivity contribution >= 4 is 11.5 Å². The molecule has 0 radical (unpaired) electrons. The number of nitrogens with zero attached hydrogens (tertiary/aromatic N) is 2. The largest absolute Gasteiger partial charge is 0.497 e. The predicted octanol–water partition coefficient (Wildman–Crippen LogP) is 3.30. The highest BCUT2D eigenvalue weighted by atomic mass is 19.1. The zero-order valence-corrected chi connectivity index (χ0v) is 20.0. The number of para-hydroxylation sites is 2. The van der Waals surface area contributed by atoms with Crippen molar-refractivity contribution in [3.8, 4) is 17.2 Å². The molecule has 9 nitrogen and oxygen atoms in total. The summed E-state index contributed by atoms with van der Waals surface area (Å²) in [5.41, 5.74) is 13.2. The highest BCUT2D eigenvalue weighted by Crippen LogP contribution is 2.36. The Morgan fingerprint density at radius 1 is 1.19 bits per heavy atom. The number of hydrogen-bond donors (Lipinski definition) is 4. The standard InChI is InChI=1S/C26H26F2N6O3/c1-36-17-13-18(23(28)22(14-17)37-11-10-27)19(12-15-6-8-16(9-7-15)24(30)31)25-32-26(35)34(33-25)21-5-3-2-4-20(21)29/h2-9,13-14,19H,10-12,29H2,1H3,(H3,30,31)(H,32,33,35). The van der Waals surface area contributed by atoms with Gasteiger partial charge >= 0.3 is 5.69 Å². The summed E-state index contributed by atoms with van der Waals surface area (Å²) in [5, 5.41) is 12.1. The third-order valence-electron chi connectivity index (χ3n) is 5.82. The minimum Gasteiger partial charge on any atom is -0.497 e. The number of ether oxygens (including phenoxy) is 2. The molecule has 3 aromatic carbocycles. The van der Waals surface area contributed by atoms with E-state index in [1.165, 1.54) is 19.2 Å². The Bertz CT molecular complexity index is 1470. The first kappa shape index (κ1) is 25.4. The van der Waals surface area contributed by atoms with Crippen molar-refractivity contribution in [2.45, 2.75) is 12.3 Å². The van der Waals surface area contributed by atoms with Crippen LogP contribution in [0.2, 0.25) is 0 Å². The van der Waals surface area contributed by atoms with E-state index < -0.39 is 24.1 Å². The quantitative estimate of drug-likeness (QED) is 0.147. The molecule has 37 heavy (non-hydrogen) atoms. The number of amidine groups is 1. The van der Waals surface area contributed by atoms with E-state index in [4.69, 9.17) is 26.4 Å². The number of anilines is 1. The van der Waals surface area contributed by atoms with Crippen LogP contribution in [0.1, 0.15) is 28.4 Å². The Hall–Kier alpha value is -4.67. The van der Waals surface area contributed by atoms with Crippen LogP contribution in [0.15, 0.2) is 65.5 Å². The van der Waals surface area contributed by atoms with Crippen LogP contribution in [0.3, 0.4) is 0 Å². The lowest BCUT2D eigenvalue weighted by molar-refractivity contribution is 0.260. The molecule has 0 aliphatic carbocycles. The van der Waals surface area contributed by atoms with Crippen molar-refractivity contribution in [3.63, 3.8) is 0 Å². The fourth-order valence-electron chi connectivity index (χ4n) is 3.97. The summed E-state index contributed by atoms with van der Waals surface area (Å²) in [6, 6.07) is 16.4. The maximum Gasteiger partial charge on any atom is 0.348 e. The van der Waals surface area contributed by atoms with Crippen molar-refractivity contribution in [2.24, 2.45) is 5.73 Å². The zero-order valence-electron chi connectivity index (χ0n) is 20.0. The normalized spacial score (nSPS) is 11.8. The number of alkyl halides is 1. The van der Waals surface area contributed by atoms with Gasteiger partial charge in [-0.2, -0.15) is 4.68 Å². The summed E-state index contributed by atoms with van der Waals surface area (Å²) in [4.78, 5) is 15.6. The van der Waals surface area contributed by atoms with Crippen LogP contribution < -0.4 is 26.6 Å². The maximum absolute atomic E-state index is 15.7. The SMILES string of the molecule is COc1cc(OCCF)c(F)c(C(Cc2ccc(C(=N)N)cc2)c2nn(-c3ccccc3N)c(=O)[nH]2)c1. The monoisotopic (exact) mass is 508 g/mol. The number of benzene rings is 3. The van der Waals surface area contributed by atoms with E-state index in [-0.39, 0.29) is 41.8 Å². The average molecular weight is 509 g/mol. The number of aromatic amines is 1. The molecule has 0 saturated heterocycles. The molecule has 0 aliphatic rings. The molecule has 0 fully saturated rings. The van der Waals surface area contributed by atoms with Crippen molar-refractivity contribution in [3.05, 3.63) is 99.5 Å². The summed E-state index contributed by atoms with van der Waals surface area (Å²) >= 11 is 0. The third kappa shape index (κ3) is 5.45. The molecule has 1 aromatic heterocycles. The van der Waals surface area contributed by atoms with E-state index in [1.54, 1.807) is 48.5 Å². The van der Waals surface area contributed by atoms with Crippen LogP contribution in [0, 0.1) is 11.2 Å². The number of halogens is 2. The van der Waals surface area contributed by atoms with Crippen LogP contribution in [0.4, 0.5) is 14.5 Å². The second-order valence-corrected chi connectivity index (χ2v) is 8.22. The average Bonchev–Trinajstić information content (AvgIpc) is 3.28. The molecule has 0 spiro atoms. The van der Waals surface area contributed by atoms with Gasteiger partial charge < -0.3 is 20.9 Å². The van der Waals surface area contributed by atoms with Crippen LogP contribution in [-0.4, -0.2) is 41.0 Å². The lowest BCUT2D eigenvalue weighted by atomic mass is 9.90. The van der Waals surface area contributed by atoms with Gasteiger partial charge in [-0.15, -0.1) is 5.10 Å². The minimum absolute atomic E-state index is 0.0832. The van der Waals surface area contributed by atoms with Gasteiger partial charge in [-0.25, -0.2) is 13.6 Å². The number of H-pyrrole nitrogens is 1. The van der Waals surface area contributed by atoms with Crippen molar-refractivity contribution in [1.82, 2.24) is 14.8 Å². The number of nitrogens with one attached hydrogen (secondary N) is 2. The molecule has 6 N–H and O–H groups in total. The van der Waals surface area contributed by atoms with Gasteiger partial charge in [0.05, 0.1) is 24.4 Å². The molecule has 1 heterocycles. The lowest BCUT2D eigenvalue weighted by Gasteiger charge is -2.19. The van der Waals surface area contributed by atoms with Crippen molar-refractivity contribution < 1.29 is 18.3 Å². The first-order chi connectivity index (χ1) is 17.8. The predicted molar refractivity (Wildman–Crippen MR) is 136 cm³/mol. The van der Waals surface area contributed by atoms with Crippen LogP contribution in [0.25, 0.3) is 5.69 Å². The topological polar surface area (TPSA) is 145 Å². The number of nitrogen functional groups attached to an aromatic ring is 2. The maximum atomic E-state index is 15.7. The van der Waals surface area contributed by atoms with Gasteiger partial charge in [0.1, 0.15) is 30.7 Å². The van der Waals surface area contributed by atoms with Gasteiger partial charge in [0.15, 0.2) is 11.6 Å². The fraction of sp³-hybridized carbons (Fsp3) is 0.192. The molecule has 0 amide bonds. The summed E-state index contributed by atoms with van der Waals surface area (Å²) in [6.45, 7) is -1.13. The molecule has 11 heteroatoms.